The summed E-state index contributed by atoms with van der Waals surface area (Å²) in [5.74, 6) is -0.815. The molecule has 7 nitrogen and oxygen atoms in total. The van der Waals surface area contributed by atoms with E-state index in [-0.39, 0.29) is 31.6 Å². The van der Waals surface area contributed by atoms with Crippen LogP contribution in [0.5, 0.6) is 0 Å². The van der Waals surface area contributed by atoms with Crippen LogP contribution in [0.1, 0.15) is 37.3 Å². The standard InChI is InChI=1S/C22H23BrN2O5/c1-14(2)17-10-16(23)8-9-18(17)24-20(26)11-19-21(27)30-13-25(19)22(28)29-12-15-6-4-3-5-7-15/h3-10,14,19H,11-13H2,1-2H3,(H,24,26)/t19-/m1/s1. The molecule has 1 fully saturated rings. The average molecular weight is 475 g/mol. The molecule has 0 aromatic heterocycles. The van der Waals surface area contributed by atoms with Crippen molar-refractivity contribution in [3.05, 3.63) is 64.1 Å². The van der Waals surface area contributed by atoms with Gasteiger partial charge < -0.3 is 14.8 Å². The molecule has 0 unspecified atom stereocenters. The van der Waals surface area contributed by atoms with Gasteiger partial charge in [0.1, 0.15) is 12.6 Å². The van der Waals surface area contributed by atoms with Gasteiger partial charge in [-0.05, 0) is 35.2 Å². The fourth-order valence-corrected chi connectivity index (χ4v) is 3.50. The smallest absolute Gasteiger partial charge is 0.413 e. The van der Waals surface area contributed by atoms with E-state index in [4.69, 9.17) is 9.47 Å². The Hall–Kier alpha value is -2.87. The number of carbonyl (C=O) groups is 3. The number of hydrogen-bond acceptors (Lipinski definition) is 5. The van der Waals surface area contributed by atoms with E-state index in [1.54, 1.807) is 6.07 Å². The Labute approximate surface area is 183 Å². The maximum Gasteiger partial charge on any atom is 0.413 e. The molecule has 0 spiro atoms. The number of benzene rings is 2. The van der Waals surface area contributed by atoms with E-state index in [1.807, 2.05) is 56.3 Å². The Kier molecular flexibility index (Phi) is 7.10. The van der Waals surface area contributed by atoms with Gasteiger partial charge in [0.2, 0.25) is 5.91 Å². The summed E-state index contributed by atoms with van der Waals surface area (Å²) in [6, 6.07) is 13.8. The minimum absolute atomic E-state index is 0.0694. The first-order chi connectivity index (χ1) is 14.3. The van der Waals surface area contributed by atoms with Crippen LogP contribution in [0.2, 0.25) is 0 Å². The number of ether oxygens (including phenoxy) is 2. The summed E-state index contributed by atoms with van der Waals surface area (Å²) >= 11 is 3.43. The molecule has 2 amide bonds. The summed E-state index contributed by atoms with van der Waals surface area (Å²) in [7, 11) is 0. The second kappa shape index (κ2) is 9.75. The number of rotatable bonds is 6. The van der Waals surface area contributed by atoms with Crippen LogP contribution in [-0.4, -0.2) is 35.6 Å². The van der Waals surface area contributed by atoms with Crippen molar-refractivity contribution in [1.82, 2.24) is 4.90 Å². The Morgan fingerprint density at radius 3 is 2.67 bits per heavy atom. The van der Waals surface area contributed by atoms with Crippen LogP contribution in [0.25, 0.3) is 0 Å². The molecule has 8 heteroatoms. The molecule has 0 saturated carbocycles. The normalized spacial score (nSPS) is 15.8. The van der Waals surface area contributed by atoms with E-state index in [1.165, 1.54) is 0 Å². The molecule has 0 aliphatic carbocycles. The molecule has 1 atom stereocenters. The molecule has 2 aromatic rings. The first-order valence-corrected chi connectivity index (χ1v) is 10.4. The predicted octanol–water partition coefficient (Wildman–Crippen LogP) is 4.42. The topological polar surface area (TPSA) is 84.9 Å². The lowest BCUT2D eigenvalue weighted by molar-refractivity contribution is -0.140. The molecule has 0 bridgehead atoms. The third kappa shape index (κ3) is 5.38. The van der Waals surface area contributed by atoms with Crippen LogP contribution >= 0.6 is 15.9 Å². The molecular weight excluding hydrogens is 452 g/mol. The molecule has 1 heterocycles. The fraction of sp³-hybridized carbons (Fsp3) is 0.318. The zero-order chi connectivity index (χ0) is 21.7. The number of nitrogens with one attached hydrogen (secondary N) is 1. The number of cyclic esters (lactones) is 1. The number of anilines is 1. The molecule has 0 radical (unpaired) electrons. The van der Waals surface area contributed by atoms with E-state index in [0.717, 1.165) is 20.5 Å². The van der Waals surface area contributed by atoms with Gasteiger partial charge in [-0.15, -0.1) is 0 Å². The van der Waals surface area contributed by atoms with E-state index in [2.05, 4.69) is 21.2 Å². The molecule has 30 heavy (non-hydrogen) atoms. The van der Waals surface area contributed by atoms with Crippen molar-refractivity contribution in [2.24, 2.45) is 0 Å². The van der Waals surface area contributed by atoms with E-state index < -0.39 is 18.1 Å². The first kappa shape index (κ1) is 21.8. The molecule has 1 aliphatic heterocycles. The van der Waals surface area contributed by atoms with Gasteiger partial charge >= 0.3 is 12.1 Å². The van der Waals surface area contributed by atoms with Crippen molar-refractivity contribution in [3.63, 3.8) is 0 Å². The lowest BCUT2D eigenvalue weighted by atomic mass is 10.0. The minimum atomic E-state index is -1.02. The van der Waals surface area contributed by atoms with Crippen LogP contribution in [0.4, 0.5) is 10.5 Å². The van der Waals surface area contributed by atoms with E-state index in [9.17, 15) is 14.4 Å². The quantitative estimate of drug-likeness (QED) is 0.626. The zero-order valence-electron chi connectivity index (χ0n) is 16.8. The molecule has 158 valence electrons. The highest BCUT2D eigenvalue weighted by Crippen LogP contribution is 2.28. The van der Waals surface area contributed by atoms with Crippen molar-refractivity contribution in [3.8, 4) is 0 Å². The van der Waals surface area contributed by atoms with Crippen LogP contribution < -0.4 is 5.32 Å². The monoisotopic (exact) mass is 474 g/mol. The number of esters is 1. The maximum atomic E-state index is 12.6. The Balaban J connectivity index is 1.63. The van der Waals surface area contributed by atoms with Crippen molar-refractivity contribution in [1.29, 1.82) is 0 Å². The number of carbonyl (C=O) groups excluding carboxylic acids is 3. The highest BCUT2D eigenvalue weighted by atomic mass is 79.9. The maximum absolute atomic E-state index is 12.6. The summed E-state index contributed by atoms with van der Waals surface area (Å²) in [6.07, 6.45) is -0.915. The summed E-state index contributed by atoms with van der Waals surface area (Å²) in [4.78, 5) is 38.3. The lowest BCUT2D eigenvalue weighted by Crippen LogP contribution is -2.40. The fourth-order valence-electron chi connectivity index (χ4n) is 3.12. The van der Waals surface area contributed by atoms with Crippen LogP contribution in [-0.2, 0) is 25.7 Å². The third-order valence-electron chi connectivity index (χ3n) is 4.72. The number of hydrogen-bond donors (Lipinski definition) is 1. The highest BCUT2D eigenvalue weighted by molar-refractivity contribution is 9.10. The van der Waals surface area contributed by atoms with Gasteiger partial charge in [0.15, 0.2) is 6.73 Å². The summed E-state index contributed by atoms with van der Waals surface area (Å²) in [6.45, 7) is 3.88. The second-order valence-electron chi connectivity index (χ2n) is 7.26. The van der Waals surface area contributed by atoms with Crippen LogP contribution in [0, 0.1) is 0 Å². The number of nitrogens with zero attached hydrogens (tertiary/aromatic N) is 1. The second-order valence-corrected chi connectivity index (χ2v) is 8.17. The predicted molar refractivity (Wildman–Crippen MR) is 115 cm³/mol. The first-order valence-electron chi connectivity index (χ1n) is 9.58. The molecule has 1 aliphatic rings. The summed E-state index contributed by atoms with van der Waals surface area (Å²) in [5, 5.41) is 2.84. The number of halogens is 1. The van der Waals surface area contributed by atoms with Gasteiger partial charge in [0.25, 0.3) is 0 Å². The Morgan fingerprint density at radius 2 is 1.97 bits per heavy atom. The highest BCUT2D eigenvalue weighted by Gasteiger charge is 2.40. The molecule has 1 saturated heterocycles. The van der Waals surface area contributed by atoms with Gasteiger partial charge in [0, 0.05) is 10.2 Å². The largest absolute Gasteiger partial charge is 0.444 e. The van der Waals surface area contributed by atoms with Crippen LogP contribution in [0.15, 0.2) is 53.0 Å². The molecule has 1 N–H and O–H groups in total. The van der Waals surface area contributed by atoms with Crippen molar-refractivity contribution < 1.29 is 23.9 Å². The molecule has 2 aromatic carbocycles. The summed E-state index contributed by atoms with van der Waals surface area (Å²) in [5.41, 5.74) is 2.46. The van der Waals surface area contributed by atoms with E-state index >= 15 is 0 Å². The molecule has 3 rings (SSSR count). The lowest BCUT2D eigenvalue weighted by Gasteiger charge is -2.20. The van der Waals surface area contributed by atoms with Gasteiger partial charge in [-0.2, -0.15) is 0 Å². The minimum Gasteiger partial charge on any atom is -0.444 e. The Morgan fingerprint density at radius 1 is 1.23 bits per heavy atom. The zero-order valence-corrected chi connectivity index (χ0v) is 18.3. The van der Waals surface area contributed by atoms with Gasteiger partial charge in [0.05, 0.1) is 6.42 Å². The van der Waals surface area contributed by atoms with Crippen molar-refractivity contribution in [2.45, 2.75) is 38.8 Å². The SMILES string of the molecule is CC(C)c1cc(Br)ccc1NC(=O)C[C@@H]1C(=O)OCN1C(=O)OCc1ccccc1. The summed E-state index contributed by atoms with van der Waals surface area (Å²) < 4.78 is 11.2. The van der Waals surface area contributed by atoms with E-state index in [0.29, 0.717) is 5.69 Å². The average Bonchev–Trinajstić information content (AvgIpc) is 3.08. The van der Waals surface area contributed by atoms with Crippen LogP contribution in [0.3, 0.4) is 0 Å². The van der Waals surface area contributed by atoms with Gasteiger partial charge in [-0.3, -0.25) is 9.69 Å². The van der Waals surface area contributed by atoms with Gasteiger partial charge in [-0.1, -0.05) is 60.1 Å². The third-order valence-corrected chi connectivity index (χ3v) is 5.22. The molecular formula is C22H23BrN2O5. The Bertz CT molecular complexity index is 932. The van der Waals surface area contributed by atoms with Crippen molar-refractivity contribution in [2.75, 3.05) is 12.0 Å². The van der Waals surface area contributed by atoms with Crippen molar-refractivity contribution >= 4 is 39.6 Å². The number of amides is 2. The van der Waals surface area contributed by atoms with Gasteiger partial charge in [-0.25, -0.2) is 9.59 Å².